The van der Waals surface area contributed by atoms with Gasteiger partial charge in [0.25, 0.3) is 0 Å². The summed E-state index contributed by atoms with van der Waals surface area (Å²) in [7, 11) is 0. The first-order chi connectivity index (χ1) is 7.31. The molecule has 0 spiro atoms. The summed E-state index contributed by atoms with van der Waals surface area (Å²) in [5.74, 6) is 1.37. The van der Waals surface area contributed by atoms with Gasteiger partial charge in [-0.1, -0.05) is 37.3 Å². The average molecular weight is 204 g/mol. The van der Waals surface area contributed by atoms with Crippen LogP contribution < -0.4 is 0 Å². The van der Waals surface area contributed by atoms with Crippen molar-refractivity contribution in [1.29, 1.82) is 0 Å². The highest BCUT2D eigenvalue weighted by molar-refractivity contribution is 5.15. The third-order valence-corrected chi connectivity index (χ3v) is 3.54. The van der Waals surface area contributed by atoms with Gasteiger partial charge in [0, 0.05) is 0 Å². The van der Waals surface area contributed by atoms with Gasteiger partial charge in [-0.05, 0) is 43.1 Å². The van der Waals surface area contributed by atoms with E-state index in [0.717, 1.165) is 12.3 Å². The molecule has 1 aromatic rings. The van der Waals surface area contributed by atoms with Crippen molar-refractivity contribution in [1.82, 2.24) is 0 Å². The minimum absolute atomic E-state index is 0.0502. The highest BCUT2D eigenvalue weighted by atomic mass is 16.3. The van der Waals surface area contributed by atoms with Gasteiger partial charge in [0.15, 0.2) is 0 Å². The molecule has 2 rings (SSSR count). The van der Waals surface area contributed by atoms with Crippen LogP contribution in [-0.4, -0.2) is 11.2 Å². The molecule has 0 bridgehead atoms. The molecule has 1 nitrogen and oxygen atoms in total. The van der Waals surface area contributed by atoms with Crippen molar-refractivity contribution in [3.8, 4) is 0 Å². The Hall–Kier alpha value is -0.820. The Morgan fingerprint density at radius 3 is 2.73 bits per heavy atom. The van der Waals surface area contributed by atoms with Crippen LogP contribution in [0.5, 0.6) is 0 Å². The molecule has 1 N–H and O–H groups in total. The van der Waals surface area contributed by atoms with Crippen molar-refractivity contribution >= 4 is 0 Å². The minimum atomic E-state index is -0.0502. The summed E-state index contributed by atoms with van der Waals surface area (Å²) in [5, 5.41) is 9.67. The molecule has 1 heteroatoms. The molecule has 15 heavy (non-hydrogen) atoms. The molecule has 0 saturated heterocycles. The van der Waals surface area contributed by atoms with Crippen LogP contribution in [0.2, 0.25) is 0 Å². The Morgan fingerprint density at radius 1 is 1.33 bits per heavy atom. The molecule has 0 heterocycles. The quantitative estimate of drug-likeness (QED) is 0.781. The van der Waals surface area contributed by atoms with Gasteiger partial charge in [-0.15, -0.1) is 0 Å². The van der Waals surface area contributed by atoms with Crippen LogP contribution >= 0.6 is 0 Å². The molecule has 0 aromatic heterocycles. The maximum absolute atomic E-state index is 9.67. The monoisotopic (exact) mass is 204 g/mol. The highest BCUT2D eigenvalue weighted by Crippen LogP contribution is 2.45. The fourth-order valence-electron chi connectivity index (χ4n) is 2.37. The summed E-state index contributed by atoms with van der Waals surface area (Å²) >= 11 is 0. The lowest BCUT2D eigenvalue weighted by Crippen LogP contribution is -2.08. The van der Waals surface area contributed by atoms with E-state index < -0.39 is 0 Å². The summed E-state index contributed by atoms with van der Waals surface area (Å²) < 4.78 is 0. The Kier molecular flexibility index (Phi) is 3.42. The first kappa shape index (κ1) is 10.7. The first-order valence-corrected chi connectivity index (χ1v) is 6.03. The van der Waals surface area contributed by atoms with Crippen molar-refractivity contribution in [3.05, 3.63) is 35.9 Å². The second kappa shape index (κ2) is 4.80. The van der Waals surface area contributed by atoms with Gasteiger partial charge in [0.2, 0.25) is 0 Å². The van der Waals surface area contributed by atoms with Gasteiger partial charge in [0.1, 0.15) is 0 Å². The summed E-state index contributed by atoms with van der Waals surface area (Å²) in [6.45, 7) is 2.07. The van der Waals surface area contributed by atoms with E-state index in [4.69, 9.17) is 0 Å². The lowest BCUT2D eigenvalue weighted by molar-refractivity contribution is 0.140. The summed E-state index contributed by atoms with van der Waals surface area (Å²) in [6.07, 6.45) is 4.50. The van der Waals surface area contributed by atoms with Gasteiger partial charge in [-0.2, -0.15) is 0 Å². The molecule has 0 amide bonds. The molecule has 1 aliphatic carbocycles. The lowest BCUT2D eigenvalue weighted by atomic mass is 10.0. The van der Waals surface area contributed by atoms with Crippen LogP contribution in [0.3, 0.4) is 0 Å². The van der Waals surface area contributed by atoms with Gasteiger partial charge in [-0.25, -0.2) is 0 Å². The number of hydrogen-bond acceptors (Lipinski definition) is 1. The van der Waals surface area contributed by atoms with E-state index in [1.807, 2.05) is 0 Å². The predicted octanol–water partition coefficient (Wildman–Crippen LogP) is 3.03. The average Bonchev–Trinajstić information content (AvgIpc) is 3.06. The van der Waals surface area contributed by atoms with E-state index in [-0.39, 0.29) is 6.10 Å². The number of aliphatic hydroxyl groups is 1. The van der Waals surface area contributed by atoms with Crippen LogP contribution in [0.1, 0.15) is 31.7 Å². The molecule has 1 saturated carbocycles. The van der Waals surface area contributed by atoms with Crippen LogP contribution in [-0.2, 0) is 6.42 Å². The van der Waals surface area contributed by atoms with Gasteiger partial charge in [0.05, 0.1) is 6.10 Å². The van der Waals surface area contributed by atoms with Gasteiger partial charge in [-0.3, -0.25) is 0 Å². The predicted molar refractivity (Wildman–Crippen MR) is 62.7 cm³/mol. The van der Waals surface area contributed by atoms with Gasteiger partial charge >= 0.3 is 0 Å². The molecule has 1 aliphatic rings. The van der Waals surface area contributed by atoms with E-state index in [2.05, 4.69) is 37.3 Å². The van der Waals surface area contributed by atoms with Crippen molar-refractivity contribution < 1.29 is 5.11 Å². The fraction of sp³-hybridized carbons (Fsp3) is 0.571. The molecule has 0 radical (unpaired) electrons. The minimum Gasteiger partial charge on any atom is -0.393 e. The zero-order valence-corrected chi connectivity index (χ0v) is 9.39. The Balaban J connectivity index is 1.73. The van der Waals surface area contributed by atoms with Crippen LogP contribution in [0, 0.1) is 11.8 Å². The van der Waals surface area contributed by atoms with E-state index in [9.17, 15) is 5.11 Å². The van der Waals surface area contributed by atoms with Crippen LogP contribution in [0.4, 0.5) is 0 Å². The van der Waals surface area contributed by atoms with Crippen molar-refractivity contribution in [2.24, 2.45) is 11.8 Å². The molecule has 0 aliphatic heterocycles. The third kappa shape index (κ3) is 2.82. The fourth-order valence-corrected chi connectivity index (χ4v) is 2.37. The zero-order chi connectivity index (χ0) is 10.7. The number of rotatable bonds is 5. The molecular formula is C14H20O. The largest absolute Gasteiger partial charge is 0.393 e. The van der Waals surface area contributed by atoms with E-state index in [1.54, 1.807) is 0 Å². The second-order valence-corrected chi connectivity index (χ2v) is 4.66. The molecule has 3 atom stereocenters. The zero-order valence-electron chi connectivity index (χ0n) is 9.39. The second-order valence-electron chi connectivity index (χ2n) is 4.66. The van der Waals surface area contributed by atoms with E-state index in [1.165, 1.54) is 24.8 Å². The Bertz CT molecular complexity index is 293. The number of hydrogen-bond donors (Lipinski definition) is 1. The lowest BCUT2D eigenvalue weighted by Gasteiger charge is -2.06. The summed E-state index contributed by atoms with van der Waals surface area (Å²) in [6, 6.07) is 10.6. The molecular weight excluding hydrogens is 184 g/mol. The van der Waals surface area contributed by atoms with E-state index >= 15 is 0 Å². The maximum atomic E-state index is 9.67. The molecule has 1 aromatic carbocycles. The first-order valence-electron chi connectivity index (χ1n) is 6.03. The van der Waals surface area contributed by atoms with Crippen LogP contribution in [0.15, 0.2) is 30.3 Å². The molecule has 0 unspecified atom stereocenters. The Labute approximate surface area is 92.1 Å². The number of aryl methyl sites for hydroxylation is 1. The summed E-state index contributed by atoms with van der Waals surface area (Å²) in [5.41, 5.74) is 1.43. The molecule has 82 valence electrons. The third-order valence-electron chi connectivity index (χ3n) is 3.54. The highest BCUT2D eigenvalue weighted by Gasteiger charge is 2.40. The normalized spacial score (nSPS) is 26.3. The topological polar surface area (TPSA) is 20.2 Å². The van der Waals surface area contributed by atoms with Crippen molar-refractivity contribution in [3.63, 3.8) is 0 Å². The van der Waals surface area contributed by atoms with Crippen molar-refractivity contribution in [2.45, 2.75) is 38.7 Å². The number of benzene rings is 1. The smallest absolute Gasteiger partial charge is 0.0568 e. The summed E-state index contributed by atoms with van der Waals surface area (Å²) in [4.78, 5) is 0. The Morgan fingerprint density at radius 2 is 2.07 bits per heavy atom. The van der Waals surface area contributed by atoms with E-state index in [0.29, 0.717) is 5.92 Å². The SMILES string of the molecule is CC[C@H](O)[C@H]1C[C@H]1CCc1ccccc1. The number of aliphatic hydroxyl groups excluding tert-OH is 1. The molecule has 1 fully saturated rings. The standard InChI is InChI=1S/C14H20O/c1-2-14(15)13-10-12(13)9-8-11-6-4-3-5-7-11/h3-7,12-15H,2,8-10H2,1H3/t12-,13+,14+/m1/s1. The van der Waals surface area contributed by atoms with Crippen LogP contribution in [0.25, 0.3) is 0 Å². The van der Waals surface area contributed by atoms with Gasteiger partial charge < -0.3 is 5.11 Å². The van der Waals surface area contributed by atoms with Crippen molar-refractivity contribution in [2.75, 3.05) is 0 Å². The maximum Gasteiger partial charge on any atom is 0.0568 e.